The Balaban J connectivity index is 2.66. The second-order valence-electron chi connectivity index (χ2n) is 15.3. The van der Waals surface area contributed by atoms with Gasteiger partial charge in [0.15, 0.2) is 0 Å². The highest BCUT2D eigenvalue weighted by molar-refractivity contribution is 7.98. The standard InChI is InChI=1S/C41H63N3O6S/c1-11-12-13-14-15-19-25-44(37(46)33(24-26-51-10)43-39(48)50-41(7,8)9)35(32-23-22-29(2)27-30(32)3)36(45)42-34(38(47)49-40(4,5)6)28-31-20-17-16-18-21-31/h16-18,20-23,27,33-35H,11-15,19,24-26,28H2,1-10H3,(H,42,45)(H,43,48). The largest absolute Gasteiger partial charge is 0.458 e. The van der Waals surface area contributed by atoms with Gasteiger partial charge in [-0.3, -0.25) is 9.59 Å². The number of hydrogen-bond donors (Lipinski definition) is 2. The highest BCUT2D eigenvalue weighted by Crippen LogP contribution is 2.28. The number of alkyl carbamates (subject to hydrolysis) is 1. The maximum Gasteiger partial charge on any atom is 0.408 e. The molecule has 0 aliphatic carbocycles. The number of benzene rings is 2. The topological polar surface area (TPSA) is 114 Å². The van der Waals surface area contributed by atoms with Gasteiger partial charge < -0.3 is 25.0 Å². The van der Waals surface area contributed by atoms with E-state index in [1.54, 1.807) is 58.2 Å². The number of ether oxygens (including phenoxy) is 2. The lowest BCUT2D eigenvalue weighted by Gasteiger charge is -2.36. The number of esters is 1. The van der Waals surface area contributed by atoms with Crippen LogP contribution in [0, 0.1) is 13.8 Å². The molecule has 3 amide bonds. The Morgan fingerprint density at radius 1 is 0.804 bits per heavy atom. The summed E-state index contributed by atoms with van der Waals surface area (Å²) < 4.78 is 11.3. The Morgan fingerprint density at radius 3 is 2.02 bits per heavy atom. The summed E-state index contributed by atoms with van der Waals surface area (Å²) in [4.78, 5) is 57.9. The van der Waals surface area contributed by atoms with Gasteiger partial charge >= 0.3 is 12.1 Å². The van der Waals surface area contributed by atoms with Gasteiger partial charge in [-0.05, 0) is 96.9 Å². The molecule has 9 nitrogen and oxygen atoms in total. The molecule has 0 aliphatic heterocycles. The van der Waals surface area contributed by atoms with Crippen LogP contribution >= 0.6 is 11.8 Å². The summed E-state index contributed by atoms with van der Waals surface area (Å²) >= 11 is 1.57. The summed E-state index contributed by atoms with van der Waals surface area (Å²) in [5.74, 6) is -0.818. The van der Waals surface area contributed by atoms with E-state index in [1.165, 1.54) is 0 Å². The third-order valence-corrected chi connectivity index (χ3v) is 8.85. The Morgan fingerprint density at radius 2 is 1.43 bits per heavy atom. The van der Waals surface area contributed by atoms with Crippen molar-refractivity contribution >= 4 is 35.6 Å². The Bertz CT molecular complexity index is 1400. The molecule has 0 heterocycles. The molecule has 0 saturated heterocycles. The van der Waals surface area contributed by atoms with Crippen molar-refractivity contribution in [3.8, 4) is 0 Å². The van der Waals surface area contributed by atoms with Crippen LogP contribution in [0.4, 0.5) is 4.79 Å². The maximum atomic E-state index is 14.8. The number of rotatable bonds is 19. The van der Waals surface area contributed by atoms with Crippen LogP contribution in [0.25, 0.3) is 0 Å². The predicted octanol–water partition coefficient (Wildman–Crippen LogP) is 8.25. The van der Waals surface area contributed by atoms with Crippen LogP contribution in [-0.2, 0) is 30.3 Å². The molecule has 0 aliphatic rings. The van der Waals surface area contributed by atoms with Crippen LogP contribution in [0.15, 0.2) is 48.5 Å². The van der Waals surface area contributed by atoms with Crippen LogP contribution in [0.5, 0.6) is 0 Å². The lowest BCUT2D eigenvalue weighted by atomic mass is 9.95. The molecule has 3 unspecified atom stereocenters. The van der Waals surface area contributed by atoms with E-state index in [1.807, 2.05) is 68.6 Å². The highest BCUT2D eigenvalue weighted by atomic mass is 32.2. The fraction of sp³-hybridized carbons (Fsp3) is 0.610. The molecule has 51 heavy (non-hydrogen) atoms. The van der Waals surface area contributed by atoms with Gasteiger partial charge in [-0.1, -0.05) is 93.1 Å². The minimum absolute atomic E-state index is 0.211. The summed E-state index contributed by atoms with van der Waals surface area (Å²) in [6, 6.07) is 12.2. The van der Waals surface area contributed by atoms with E-state index in [0.29, 0.717) is 24.2 Å². The highest BCUT2D eigenvalue weighted by Gasteiger charge is 2.38. The molecule has 0 radical (unpaired) electrons. The fourth-order valence-corrected chi connectivity index (χ4v) is 6.29. The van der Waals surface area contributed by atoms with E-state index in [4.69, 9.17) is 9.47 Å². The van der Waals surface area contributed by atoms with E-state index < -0.39 is 47.3 Å². The van der Waals surface area contributed by atoms with Crippen molar-refractivity contribution in [3.05, 3.63) is 70.8 Å². The number of carbonyl (C=O) groups excluding carboxylic acids is 4. The molecule has 2 aromatic rings. The van der Waals surface area contributed by atoms with Crippen LogP contribution in [0.1, 0.15) is 122 Å². The Kier molecular flexibility index (Phi) is 18.1. The molecule has 0 aromatic heterocycles. The zero-order valence-corrected chi connectivity index (χ0v) is 33.5. The Labute approximate surface area is 311 Å². The first-order valence-corrected chi connectivity index (χ1v) is 19.8. The molecule has 284 valence electrons. The van der Waals surface area contributed by atoms with Crippen molar-refractivity contribution < 1.29 is 28.7 Å². The molecule has 2 N–H and O–H groups in total. The fourth-order valence-electron chi connectivity index (χ4n) is 5.82. The summed E-state index contributed by atoms with van der Waals surface area (Å²) in [5.41, 5.74) is 1.84. The lowest BCUT2D eigenvalue weighted by Crippen LogP contribution is -2.55. The van der Waals surface area contributed by atoms with Gasteiger partial charge in [0, 0.05) is 13.0 Å². The van der Waals surface area contributed by atoms with Crippen LogP contribution in [0.3, 0.4) is 0 Å². The second kappa shape index (κ2) is 21.1. The van der Waals surface area contributed by atoms with Crippen LogP contribution < -0.4 is 10.6 Å². The number of nitrogens with zero attached hydrogens (tertiary/aromatic N) is 1. The molecule has 0 bridgehead atoms. The summed E-state index contributed by atoms with van der Waals surface area (Å²) in [6.45, 7) is 17.0. The van der Waals surface area contributed by atoms with E-state index in [2.05, 4.69) is 17.6 Å². The quantitative estimate of drug-likeness (QED) is 0.111. The number of hydrogen-bond acceptors (Lipinski definition) is 7. The SMILES string of the molecule is CCCCCCCCN(C(=O)C(CCSC)NC(=O)OC(C)(C)C)C(C(=O)NC(Cc1ccccc1)C(=O)OC(C)(C)C)c1ccc(C)cc1C. The maximum absolute atomic E-state index is 14.8. The minimum Gasteiger partial charge on any atom is -0.458 e. The summed E-state index contributed by atoms with van der Waals surface area (Å²) in [6.07, 6.45) is 7.74. The van der Waals surface area contributed by atoms with Gasteiger partial charge in [0.1, 0.15) is 29.3 Å². The third-order valence-electron chi connectivity index (χ3n) is 8.21. The van der Waals surface area contributed by atoms with E-state index in [0.717, 1.165) is 48.8 Å². The molecule has 3 atom stereocenters. The van der Waals surface area contributed by atoms with Crippen molar-refractivity contribution in [1.82, 2.24) is 15.5 Å². The summed E-state index contributed by atoms with van der Waals surface area (Å²) in [7, 11) is 0. The van der Waals surface area contributed by atoms with Crippen molar-refractivity contribution in [2.24, 2.45) is 0 Å². The van der Waals surface area contributed by atoms with Gasteiger partial charge in [-0.2, -0.15) is 11.8 Å². The lowest BCUT2D eigenvalue weighted by molar-refractivity contribution is -0.159. The zero-order valence-electron chi connectivity index (χ0n) is 32.7. The average molecular weight is 726 g/mol. The molecule has 0 spiro atoms. The molecule has 2 aromatic carbocycles. The second-order valence-corrected chi connectivity index (χ2v) is 16.3. The number of amides is 3. The molecule has 10 heteroatoms. The van der Waals surface area contributed by atoms with Crippen molar-refractivity contribution in [3.63, 3.8) is 0 Å². The molecular weight excluding hydrogens is 663 g/mol. The summed E-state index contributed by atoms with van der Waals surface area (Å²) in [5, 5.41) is 5.83. The monoisotopic (exact) mass is 725 g/mol. The normalized spacial score (nSPS) is 13.5. The van der Waals surface area contributed by atoms with Gasteiger partial charge in [0.25, 0.3) is 0 Å². The van der Waals surface area contributed by atoms with Crippen molar-refractivity contribution in [2.75, 3.05) is 18.6 Å². The molecule has 0 fully saturated rings. The number of carbonyl (C=O) groups is 4. The molecule has 2 rings (SSSR count). The number of nitrogens with one attached hydrogen (secondary N) is 2. The van der Waals surface area contributed by atoms with Crippen LogP contribution in [0.2, 0.25) is 0 Å². The van der Waals surface area contributed by atoms with Gasteiger partial charge in [0.2, 0.25) is 11.8 Å². The van der Waals surface area contributed by atoms with Crippen LogP contribution in [-0.4, -0.2) is 70.6 Å². The molecule has 0 saturated carbocycles. The zero-order chi connectivity index (χ0) is 38.2. The third kappa shape index (κ3) is 16.1. The van der Waals surface area contributed by atoms with E-state index in [9.17, 15) is 19.2 Å². The number of unbranched alkanes of at least 4 members (excludes halogenated alkanes) is 5. The minimum atomic E-state index is -1.08. The molecular formula is C41H63N3O6S. The smallest absolute Gasteiger partial charge is 0.408 e. The van der Waals surface area contributed by atoms with Crippen molar-refractivity contribution in [1.29, 1.82) is 0 Å². The predicted molar refractivity (Wildman–Crippen MR) is 208 cm³/mol. The number of thioether (sulfide) groups is 1. The van der Waals surface area contributed by atoms with Gasteiger partial charge in [-0.15, -0.1) is 0 Å². The van der Waals surface area contributed by atoms with E-state index in [-0.39, 0.29) is 18.9 Å². The van der Waals surface area contributed by atoms with Gasteiger partial charge in [-0.25, -0.2) is 9.59 Å². The first-order chi connectivity index (χ1) is 24.0. The van der Waals surface area contributed by atoms with E-state index >= 15 is 0 Å². The first-order valence-electron chi connectivity index (χ1n) is 18.4. The van der Waals surface area contributed by atoms with Gasteiger partial charge in [0.05, 0.1) is 0 Å². The average Bonchev–Trinajstić information content (AvgIpc) is 3.03. The number of aryl methyl sites for hydroxylation is 2. The van der Waals surface area contributed by atoms with Crippen molar-refractivity contribution in [2.45, 2.75) is 143 Å². The Hall–Kier alpha value is -3.53. The first kappa shape index (κ1) is 43.6.